The molecule has 1 aromatic carbocycles. The lowest BCUT2D eigenvalue weighted by Gasteiger charge is -2.16. The van der Waals surface area contributed by atoms with Gasteiger partial charge < -0.3 is 25.2 Å². The van der Waals surface area contributed by atoms with Crippen molar-refractivity contribution in [2.45, 2.75) is 39.5 Å². The van der Waals surface area contributed by atoms with E-state index < -0.39 is 6.10 Å². The first kappa shape index (κ1) is 25.0. The van der Waals surface area contributed by atoms with E-state index in [1.165, 1.54) is 0 Å². The molecule has 2 rings (SSSR count). The van der Waals surface area contributed by atoms with E-state index in [0.29, 0.717) is 31.5 Å². The number of aromatic nitrogens is 1. The summed E-state index contributed by atoms with van der Waals surface area (Å²) in [5.41, 5.74) is 1.62. The van der Waals surface area contributed by atoms with Gasteiger partial charge in [0.1, 0.15) is 5.75 Å². The minimum absolute atomic E-state index is 0. The van der Waals surface area contributed by atoms with Crippen molar-refractivity contribution < 1.29 is 14.6 Å². The summed E-state index contributed by atoms with van der Waals surface area (Å²) in [6, 6.07) is 13.0. The van der Waals surface area contributed by atoms with Crippen LogP contribution >= 0.6 is 24.0 Å². The van der Waals surface area contributed by atoms with Gasteiger partial charge in [-0.15, -0.1) is 24.0 Å². The molecule has 0 radical (unpaired) electrons. The number of aliphatic hydroxyl groups excluding tert-OH is 1. The first-order valence-corrected chi connectivity index (χ1v) is 9.48. The smallest absolute Gasteiger partial charge is 0.213 e. The second-order valence-corrected chi connectivity index (χ2v) is 6.50. The summed E-state index contributed by atoms with van der Waals surface area (Å²) >= 11 is 0. The maximum absolute atomic E-state index is 10.4. The lowest BCUT2D eigenvalue weighted by molar-refractivity contribution is 0.180. The molecule has 0 aliphatic carbocycles. The number of methoxy groups -OCH3 is 1. The van der Waals surface area contributed by atoms with Gasteiger partial charge in [0.25, 0.3) is 0 Å². The largest absolute Gasteiger partial charge is 0.491 e. The fourth-order valence-corrected chi connectivity index (χ4v) is 2.51. The molecule has 8 heteroatoms. The zero-order valence-corrected chi connectivity index (χ0v) is 19.7. The van der Waals surface area contributed by atoms with Crippen LogP contribution in [0.3, 0.4) is 0 Å². The van der Waals surface area contributed by atoms with Gasteiger partial charge in [0.2, 0.25) is 5.88 Å². The van der Waals surface area contributed by atoms with E-state index in [1.807, 2.05) is 57.2 Å². The van der Waals surface area contributed by atoms with Crippen LogP contribution in [0.2, 0.25) is 0 Å². The van der Waals surface area contributed by atoms with Gasteiger partial charge in [0.15, 0.2) is 5.96 Å². The van der Waals surface area contributed by atoms with Gasteiger partial charge in [0, 0.05) is 19.2 Å². The third-order valence-electron chi connectivity index (χ3n) is 3.83. The first-order chi connectivity index (χ1) is 13.5. The Balaban J connectivity index is 0.00000420. The summed E-state index contributed by atoms with van der Waals surface area (Å²) < 4.78 is 10.8. The van der Waals surface area contributed by atoms with Gasteiger partial charge in [-0.25, -0.2) is 9.98 Å². The standard InChI is InChI=1S/C21H30N4O3.HI/c1-5-22-21(23-13-17-7-6-8-20(25-17)27-4)24-14-19(26)16-9-11-18(12-10-16)28-15(2)3;/h6-12,15,19,26H,5,13-14H2,1-4H3,(H2,22,23,24);1H. The Hall–Kier alpha value is -2.07. The summed E-state index contributed by atoms with van der Waals surface area (Å²) in [4.78, 5) is 8.87. The highest BCUT2D eigenvalue weighted by Gasteiger charge is 2.09. The van der Waals surface area contributed by atoms with Crippen LogP contribution in [0.1, 0.15) is 38.1 Å². The van der Waals surface area contributed by atoms with Crippen molar-refractivity contribution in [1.29, 1.82) is 0 Å². The molecule has 3 N–H and O–H groups in total. The van der Waals surface area contributed by atoms with Crippen LogP contribution in [0.15, 0.2) is 47.5 Å². The third-order valence-corrected chi connectivity index (χ3v) is 3.83. The number of halogens is 1. The molecule has 0 bridgehead atoms. The van der Waals surface area contributed by atoms with Crippen LogP contribution in [0.5, 0.6) is 11.6 Å². The molecule has 2 aromatic rings. The molecular weight excluding hydrogens is 483 g/mol. The zero-order valence-electron chi connectivity index (χ0n) is 17.4. The predicted octanol–water partition coefficient (Wildman–Crippen LogP) is 3.28. The summed E-state index contributed by atoms with van der Waals surface area (Å²) in [5.74, 6) is 1.97. The van der Waals surface area contributed by atoms with E-state index >= 15 is 0 Å². The van der Waals surface area contributed by atoms with Gasteiger partial charge in [-0.3, -0.25) is 0 Å². The van der Waals surface area contributed by atoms with E-state index in [1.54, 1.807) is 13.2 Å². The number of rotatable bonds is 9. The number of nitrogens with zero attached hydrogens (tertiary/aromatic N) is 2. The number of hydrogen-bond donors (Lipinski definition) is 3. The lowest BCUT2D eigenvalue weighted by Crippen LogP contribution is -2.39. The molecule has 0 saturated carbocycles. The molecule has 0 spiro atoms. The van der Waals surface area contributed by atoms with Gasteiger partial charge >= 0.3 is 0 Å². The highest BCUT2D eigenvalue weighted by atomic mass is 127. The van der Waals surface area contributed by atoms with Crippen LogP contribution in [0, 0.1) is 0 Å². The Morgan fingerprint density at radius 2 is 1.86 bits per heavy atom. The molecule has 29 heavy (non-hydrogen) atoms. The van der Waals surface area contributed by atoms with E-state index in [0.717, 1.165) is 17.0 Å². The highest BCUT2D eigenvalue weighted by molar-refractivity contribution is 14.0. The van der Waals surface area contributed by atoms with Crippen molar-refractivity contribution >= 4 is 29.9 Å². The number of nitrogens with one attached hydrogen (secondary N) is 2. The van der Waals surface area contributed by atoms with E-state index in [4.69, 9.17) is 9.47 Å². The van der Waals surface area contributed by atoms with Gasteiger partial charge in [0.05, 0.1) is 31.6 Å². The predicted molar refractivity (Wildman–Crippen MR) is 126 cm³/mol. The molecular formula is C21H31IN4O3. The lowest BCUT2D eigenvalue weighted by atomic mass is 10.1. The van der Waals surface area contributed by atoms with Crippen LogP contribution in [-0.2, 0) is 6.54 Å². The van der Waals surface area contributed by atoms with Gasteiger partial charge in [-0.2, -0.15) is 0 Å². The Bertz CT molecular complexity index is 754. The van der Waals surface area contributed by atoms with Crippen LogP contribution in [0.4, 0.5) is 0 Å². The average molecular weight is 514 g/mol. The molecule has 0 aliphatic heterocycles. The highest BCUT2D eigenvalue weighted by Crippen LogP contribution is 2.18. The molecule has 7 nitrogen and oxygen atoms in total. The second kappa shape index (κ2) is 13.2. The number of guanidine groups is 1. The van der Waals surface area contributed by atoms with E-state index in [2.05, 4.69) is 20.6 Å². The van der Waals surface area contributed by atoms with Crippen molar-refractivity contribution in [1.82, 2.24) is 15.6 Å². The topological polar surface area (TPSA) is 88.0 Å². The normalized spacial score (nSPS) is 12.1. The summed E-state index contributed by atoms with van der Waals surface area (Å²) in [6.45, 7) is 7.41. The fraction of sp³-hybridized carbons (Fsp3) is 0.429. The van der Waals surface area contributed by atoms with Crippen molar-refractivity contribution in [2.75, 3.05) is 20.2 Å². The molecule has 0 fully saturated rings. The van der Waals surface area contributed by atoms with Gasteiger partial charge in [-0.05, 0) is 44.5 Å². The van der Waals surface area contributed by atoms with Crippen LogP contribution in [-0.4, -0.2) is 42.4 Å². The maximum Gasteiger partial charge on any atom is 0.213 e. The van der Waals surface area contributed by atoms with Gasteiger partial charge in [-0.1, -0.05) is 18.2 Å². The van der Waals surface area contributed by atoms with Crippen molar-refractivity contribution in [3.05, 3.63) is 53.7 Å². The summed E-state index contributed by atoms with van der Waals surface area (Å²) in [7, 11) is 1.59. The quantitative estimate of drug-likeness (QED) is 0.271. The fourth-order valence-electron chi connectivity index (χ4n) is 2.51. The Morgan fingerprint density at radius 1 is 1.14 bits per heavy atom. The summed E-state index contributed by atoms with van der Waals surface area (Å²) in [5, 5.41) is 16.8. The zero-order chi connectivity index (χ0) is 20.4. The Morgan fingerprint density at radius 3 is 2.48 bits per heavy atom. The number of ether oxygens (including phenoxy) is 2. The second-order valence-electron chi connectivity index (χ2n) is 6.50. The Labute approximate surface area is 190 Å². The number of aliphatic hydroxyl groups is 1. The number of pyridine rings is 1. The molecule has 0 saturated heterocycles. The third kappa shape index (κ3) is 8.86. The number of hydrogen-bond acceptors (Lipinski definition) is 5. The van der Waals surface area contributed by atoms with Crippen molar-refractivity contribution in [3.8, 4) is 11.6 Å². The Kier molecular flexibility index (Phi) is 11.4. The number of aliphatic imine (C=N–C) groups is 1. The summed E-state index contributed by atoms with van der Waals surface area (Å²) in [6.07, 6.45) is -0.540. The molecule has 0 amide bonds. The molecule has 1 unspecified atom stereocenters. The van der Waals surface area contributed by atoms with Crippen LogP contribution < -0.4 is 20.1 Å². The maximum atomic E-state index is 10.4. The SMILES string of the molecule is CCNC(=NCc1cccc(OC)n1)NCC(O)c1ccc(OC(C)C)cc1.I. The molecule has 1 heterocycles. The monoisotopic (exact) mass is 514 g/mol. The minimum atomic E-state index is -0.660. The molecule has 1 aromatic heterocycles. The molecule has 0 aliphatic rings. The molecule has 1 atom stereocenters. The van der Waals surface area contributed by atoms with E-state index in [9.17, 15) is 5.11 Å². The number of benzene rings is 1. The first-order valence-electron chi connectivity index (χ1n) is 9.48. The average Bonchev–Trinajstić information content (AvgIpc) is 2.70. The minimum Gasteiger partial charge on any atom is -0.491 e. The molecule has 160 valence electrons. The van der Waals surface area contributed by atoms with Crippen molar-refractivity contribution in [3.63, 3.8) is 0 Å². The van der Waals surface area contributed by atoms with Crippen molar-refractivity contribution in [2.24, 2.45) is 4.99 Å². The van der Waals surface area contributed by atoms with E-state index in [-0.39, 0.29) is 30.1 Å². The van der Waals surface area contributed by atoms with Crippen LogP contribution in [0.25, 0.3) is 0 Å².